The summed E-state index contributed by atoms with van der Waals surface area (Å²) in [5.74, 6) is -5.42. The van der Waals surface area contributed by atoms with E-state index in [4.69, 9.17) is 35.4 Å². The topological polar surface area (TPSA) is 195 Å². The Morgan fingerprint density at radius 1 is 1.06 bits per heavy atom. The summed E-state index contributed by atoms with van der Waals surface area (Å²) in [4.78, 5) is 45.3. The van der Waals surface area contributed by atoms with E-state index < -0.39 is 44.5 Å². The van der Waals surface area contributed by atoms with Crippen LogP contribution in [-0.4, -0.2) is 49.1 Å². The minimum absolute atomic E-state index is 0.294. The quantitative estimate of drug-likeness (QED) is 0.307. The molecule has 0 aliphatic rings. The van der Waals surface area contributed by atoms with Gasteiger partial charge in [-0.2, -0.15) is 0 Å². The summed E-state index contributed by atoms with van der Waals surface area (Å²) in [7, 11) is -3.13. The number of hydrogen-bond donors (Lipinski definition) is 6. The Morgan fingerprint density at radius 3 is 1.67 bits per heavy atom. The maximum Gasteiger partial charge on any atom is 0.321 e. The fourth-order valence-corrected chi connectivity index (χ4v) is 0.908. The standard InChI is InChI=1S/C7H11NO6.H3O3P/c8-5(7(13)14)3(6(11)12)1-2-4(9)10;1-4(2)3/h3,5H,1-2,8H2,(H,9,10)(H,11,12)(H,13,14);4H,(H2,1,2,3). The fourth-order valence-electron chi connectivity index (χ4n) is 0.908. The zero-order chi connectivity index (χ0) is 14.9. The zero-order valence-corrected chi connectivity index (χ0v) is 10.0. The van der Waals surface area contributed by atoms with Gasteiger partial charge in [0.25, 0.3) is 0 Å². The maximum atomic E-state index is 10.5. The van der Waals surface area contributed by atoms with Gasteiger partial charge in [-0.25, -0.2) is 0 Å². The second-order valence-corrected chi connectivity index (χ2v) is 3.59. The predicted octanol–water partition coefficient (Wildman–Crippen LogP) is -1.68. The van der Waals surface area contributed by atoms with Gasteiger partial charge in [-0.15, -0.1) is 0 Å². The number of rotatable bonds is 6. The molecule has 0 aromatic carbocycles. The van der Waals surface area contributed by atoms with Crippen LogP contribution in [-0.2, 0) is 18.9 Å². The molecule has 11 heteroatoms. The second-order valence-electron chi connectivity index (χ2n) is 3.02. The van der Waals surface area contributed by atoms with Crippen LogP contribution < -0.4 is 5.73 Å². The van der Waals surface area contributed by atoms with Crippen molar-refractivity contribution in [1.29, 1.82) is 0 Å². The van der Waals surface area contributed by atoms with Gasteiger partial charge in [0.1, 0.15) is 6.04 Å². The van der Waals surface area contributed by atoms with Crippen LogP contribution in [0, 0.1) is 5.92 Å². The van der Waals surface area contributed by atoms with Crippen molar-refractivity contribution < 1.29 is 44.1 Å². The third-order valence-corrected chi connectivity index (χ3v) is 1.71. The molecule has 10 nitrogen and oxygen atoms in total. The first-order chi connectivity index (χ1) is 8.09. The molecule has 0 aromatic rings. The summed E-state index contributed by atoms with van der Waals surface area (Å²) in [5.41, 5.74) is 5.07. The first kappa shape index (κ1) is 18.9. The van der Waals surface area contributed by atoms with Crippen molar-refractivity contribution in [2.75, 3.05) is 0 Å². The average molecular weight is 287 g/mol. The number of carbonyl (C=O) groups is 3. The first-order valence-electron chi connectivity index (χ1n) is 4.44. The Hall–Kier alpha value is -1.48. The lowest BCUT2D eigenvalue weighted by atomic mass is 9.95. The minimum Gasteiger partial charge on any atom is -0.481 e. The molecule has 0 aromatic heterocycles. The van der Waals surface area contributed by atoms with Crippen LogP contribution in [0.4, 0.5) is 0 Å². The maximum absolute atomic E-state index is 10.5. The second kappa shape index (κ2) is 9.54. The molecule has 0 fully saturated rings. The molecule has 0 rings (SSSR count). The van der Waals surface area contributed by atoms with Crippen molar-refractivity contribution in [1.82, 2.24) is 0 Å². The van der Waals surface area contributed by atoms with E-state index >= 15 is 0 Å². The Balaban J connectivity index is 0. The Labute approximate surface area is 102 Å². The number of hydrogen-bond acceptors (Lipinski definition) is 5. The number of aliphatic carboxylic acids is 3. The SMILES string of the molecule is NC(C(=O)O)C(CCC(=O)O)C(=O)O.O=[PH](O)O. The summed E-state index contributed by atoms with van der Waals surface area (Å²) in [6, 6.07) is -1.58. The van der Waals surface area contributed by atoms with E-state index in [1.807, 2.05) is 0 Å². The highest BCUT2D eigenvalue weighted by atomic mass is 31.1. The molecular weight excluding hydrogens is 273 g/mol. The molecule has 2 unspecified atom stereocenters. The van der Waals surface area contributed by atoms with Crippen LogP contribution in [0.1, 0.15) is 12.8 Å². The summed E-state index contributed by atoms with van der Waals surface area (Å²) in [6.45, 7) is 0. The summed E-state index contributed by atoms with van der Waals surface area (Å²) in [6.07, 6.45) is -0.712. The smallest absolute Gasteiger partial charge is 0.321 e. The van der Waals surface area contributed by atoms with Crippen molar-refractivity contribution >= 4 is 26.2 Å². The molecule has 0 saturated heterocycles. The molecule has 7 N–H and O–H groups in total. The monoisotopic (exact) mass is 287 g/mol. The highest BCUT2D eigenvalue weighted by Crippen LogP contribution is 2.11. The molecule has 0 bridgehead atoms. The Morgan fingerprint density at radius 2 is 1.44 bits per heavy atom. The van der Waals surface area contributed by atoms with Gasteiger partial charge in [-0.3, -0.25) is 18.9 Å². The molecular formula is C7H14NO9P. The number of carboxylic acid groups (broad SMARTS) is 3. The highest BCUT2D eigenvalue weighted by Gasteiger charge is 2.30. The van der Waals surface area contributed by atoms with Crippen molar-refractivity contribution in [2.24, 2.45) is 11.7 Å². The van der Waals surface area contributed by atoms with E-state index in [1.54, 1.807) is 0 Å². The van der Waals surface area contributed by atoms with E-state index in [0.717, 1.165) is 0 Å². The van der Waals surface area contributed by atoms with Gasteiger partial charge >= 0.3 is 26.2 Å². The van der Waals surface area contributed by atoms with Gasteiger partial charge in [-0.05, 0) is 6.42 Å². The molecule has 0 saturated carbocycles. The van der Waals surface area contributed by atoms with Crippen molar-refractivity contribution in [3.05, 3.63) is 0 Å². The lowest BCUT2D eigenvalue weighted by molar-refractivity contribution is -0.150. The first-order valence-corrected chi connectivity index (χ1v) is 5.74. The van der Waals surface area contributed by atoms with Crippen LogP contribution in [0.15, 0.2) is 0 Å². The minimum atomic E-state index is -3.13. The lowest BCUT2D eigenvalue weighted by Crippen LogP contribution is -2.42. The van der Waals surface area contributed by atoms with Crippen molar-refractivity contribution in [2.45, 2.75) is 18.9 Å². The van der Waals surface area contributed by atoms with Gasteiger partial charge in [0.2, 0.25) is 0 Å². The van der Waals surface area contributed by atoms with E-state index in [0.29, 0.717) is 0 Å². The van der Waals surface area contributed by atoms with Gasteiger partial charge in [0.15, 0.2) is 0 Å². The molecule has 2 atom stereocenters. The van der Waals surface area contributed by atoms with E-state index in [9.17, 15) is 14.4 Å². The van der Waals surface area contributed by atoms with Crippen molar-refractivity contribution in [3.8, 4) is 0 Å². The summed E-state index contributed by atoms with van der Waals surface area (Å²) in [5, 5.41) is 25.3. The van der Waals surface area contributed by atoms with Crippen LogP contribution in [0.2, 0.25) is 0 Å². The highest BCUT2D eigenvalue weighted by molar-refractivity contribution is 7.30. The Kier molecular flexibility index (Phi) is 10.0. The van der Waals surface area contributed by atoms with Gasteiger partial charge in [0, 0.05) is 6.42 Å². The van der Waals surface area contributed by atoms with Gasteiger partial charge < -0.3 is 30.8 Å². The molecule has 0 aliphatic carbocycles. The lowest BCUT2D eigenvalue weighted by Gasteiger charge is -2.14. The largest absolute Gasteiger partial charge is 0.481 e. The third kappa shape index (κ3) is 11.0. The number of carboxylic acids is 3. The molecule has 0 radical (unpaired) electrons. The average Bonchev–Trinajstić information content (AvgIpc) is 2.15. The molecule has 106 valence electrons. The van der Waals surface area contributed by atoms with Crippen molar-refractivity contribution in [3.63, 3.8) is 0 Å². The Bertz CT molecular complexity index is 327. The molecule has 0 aliphatic heterocycles. The number of nitrogens with two attached hydrogens (primary N) is 1. The molecule has 0 spiro atoms. The van der Waals surface area contributed by atoms with Crippen LogP contribution in [0.5, 0.6) is 0 Å². The van der Waals surface area contributed by atoms with E-state index in [2.05, 4.69) is 0 Å². The van der Waals surface area contributed by atoms with Gasteiger partial charge in [-0.1, -0.05) is 0 Å². The van der Waals surface area contributed by atoms with E-state index in [-0.39, 0.29) is 6.42 Å². The third-order valence-electron chi connectivity index (χ3n) is 1.71. The van der Waals surface area contributed by atoms with Crippen LogP contribution >= 0.6 is 8.25 Å². The molecule has 18 heavy (non-hydrogen) atoms. The molecule has 0 heterocycles. The molecule has 0 amide bonds. The van der Waals surface area contributed by atoms with Crippen LogP contribution in [0.3, 0.4) is 0 Å². The fraction of sp³-hybridized carbons (Fsp3) is 0.571. The van der Waals surface area contributed by atoms with Crippen LogP contribution in [0.25, 0.3) is 0 Å². The summed E-state index contributed by atoms with van der Waals surface area (Å²) < 4.78 is 8.74. The van der Waals surface area contributed by atoms with Gasteiger partial charge in [0.05, 0.1) is 5.92 Å². The predicted molar refractivity (Wildman–Crippen MR) is 57.0 cm³/mol. The zero-order valence-electron chi connectivity index (χ0n) is 9.02. The normalized spacial score (nSPS) is 13.1. The summed E-state index contributed by atoms with van der Waals surface area (Å²) >= 11 is 0. The van der Waals surface area contributed by atoms with E-state index in [1.165, 1.54) is 0 Å².